The number of rotatable bonds is 0. The summed E-state index contributed by atoms with van der Waals surface area (Å²) >= 11 is 0. The van der Waals surface area contributed by atoms with Crippen LogP contribution in [0, 0.1) is 0 Å². The van der Waals surface area contributed by atoms with Crippen molar-refractivity contribution < 1.29 is 0 Å². The molecule has 0 radical (unpaired) electrons. The van der Waals surface area contributed by atoms with Gasteiger partial charge in [0.05, 0.1) is 34.7 Å². The molecule has 2 aromatic carbocycles. The van der Waals surface area contributed by atoms with Gasteiger partial charge in [0.25, 0.3) is 0 Å². The minimum absolute atomic E-state index is 0. The zero-order chi connectivity index (χ0) is 12.2. The van der Waals surface area contributed by atoms with E-state index in [9.17, 15) is 0 Å². The normalized spacial score (nSPS) is 8.76. The molecule has 4 aromatic rings. The van der Waals surface area contributed by atoms with Crippen molar-refractivity contribution in [3.05, 3.63) is 61.2 Å². The summed E-state index contributed by atoms with van der Waals surface area (Å²) in [6.07, 6.45) is 3.40. The van der Waals surface area contributed by atoms with Crippen molar-refractivity contribution in [2.75, 3.05) is 0 Å². The highest BCUT2D eigenvalue weighted by molar-refractivity contribution is 5.86. The molecule has 112 valence electrons. The molecule has 0 fully saturated rings. The summed E-state index contributed by atoms with van der Waals surface area (Å²) in [5.74, 6) is 0. The second-order valence-electron chi connectivity index (χ2n) is 3.84. The molecule has 2 N–H and O–H groups in total. The van der Waals surface area contributed by atoms with E-state index >= 15 is 0 Å². The van der Waals surface area contributed by atoms with Crippen LogP contribution < -0.4 is 0 Å². The first-order chi connectivity index (χ1) is 8.93. The highest BCUT2D eigenvalue weighted by Gasteiger charge is 1.89. The number of nitrogens with zero attached hydrogens (tertiary/aromatic N) is 2. The molecule has 0 bridgehead atoms. The fourth-order valence-electron chi connectivity index (χ4n) is 1.76. The van der Waals surface area contributed by atoms with E-state index in [1.165, 1.54) is 0 Å². The third-order valence-electron chi connectivity index (χ3n) is 2.66. The second-order valence-corrected chi connectivity index (χ2v) is 3.84. The van der Waals surface area contributed by atoms with Crippen molar-refractivity contribution in [1.82, 2.24) is 19.9 Å². The topological polar surface area (TPSA) is 57.4 Å². The van der Waals surface area contributed by atoms with Gasteiger partial charge in [0, 0.05) is 0 Å². The average molecular weight is 346 g/mol. The molecule has 0 saturated carbocycles. The first kappa shape index (κ1) is 19.2. The van der Waals surface area contributed by atoms with Gasteiger partial charge >= 0.3 is 0 Å². The average Bonchev–Trinajstić information content (AvgIpc) is 3.08. The number of aromatic nitrogens is 4. The van der Waals surface area contributed by atoms with Crippen LogP contribution in [-0.2, 0) is 0 Å². The maximum absolute atomic E-state index is 4.06. The lowest BCUT2D eigenvalue weighted by atomic mass is 10.3. The van der Waals surface area contributed by atoms with Gasteiger partial charge in [-0.15, -0.1) is 37.2 Å². The van der Waals surface area contributed by atoms with Crippen LogP contribution in [0.25, 0.3) is 22.1 Å². The van der Waals surface area contributed by atoms with E-state index in [-0.39, 0.29) is 37.2 Å². The van der Waals surface area contributed by atoms with Gasteiger partial charge in [-0.1, -0.05) is 24.3 Å². The summed E-state index contributed by atoms with van der Waals surface area (Å²) in [5.41, 5.74) is 4.24. The molecule has 2 aromatic heterocycles. The Morgan fingerprint density at radius 2 is 0.952 bits per heavy atom. The second kappa shape index (κ2) is 9.23. The minimum atomic E-state index is 0. The van der Waals surface area contributed by atoms with Gasteiger partial charge in [-0.3, -0.25) is 0 Å². The zero-order valence-corrected chi connectivity index (χ0v) is 13.3. The number of para-hydroxylation sites is 4. The fraction of sp³-hybridized carbons (Fsp3) is 0. The smallest absolute Gasteiger partial charge is 0.0931 e. The van der Waals surface area contributed by atoms with Crippen molar-refractivity contribution in [3.63, 3.8) is 0 Å². The van der Waals surface area contributed by atoms with Crippen LogP contribution in [0.4, 0.5) is 0 Å². The zero-order valence-electron chi connectivity index (χ0n) is 10.9. The first-order valence-corrected chi connectivity index (χ1v) is 5.70. The van der Waals surface area contributed by atoms with Crippen molar-refractivity contribution >= 4 is 59.3 Å². The summed E-state index contributed by atoms with van der Waals surface area (Å²) in [6.45, 7) is 0. The van der Waals surface area contributed by atoms with Crippen LogP contribution in [0.15, 0.2) is 61.2 Å². The summed E-state index contributed by atoms with van der Waals surface area (Å²) in [7, 11) is 0. The maximum Gasteiger partial charge on any atom is 0.0931 e. The van der Waals surface area contributed by atoms with Crippen molar-refractivity contribution in [3.8, 4) is 0 Å². The predicted molar refractivity (Wildman–Crippen MR) is 93.9 cm³/mol. The highest BCUT2D eigenvalue weighted by atomic mass is 35.5. The number of fused-ring (bicyclic) bond motifs is 2. The van der Waals surface area contributed by atoms with Gasteiger partial charge in [0.1, 0.15) is 0 Å². The number of halogens is 3. The van der Waals surface area contributed by atoms with E-state index in [0.717, 1.165) is 22.1 Å². The Hall–Kier alpha value is -1.75. The Morgan fingerprint density at radius 3 is 1.33 bits per heavy atom. The van der Waals surface area contributed by atoms with Crippen LogP contribution in [0.5, 0.6) is 0 Å². The standard InChI is InChI=1S/2C7H6N2.3ClH/c2*1-2-4-7-6(3-1)8-5-9-7;;;/h2*1-5H,(H,8,9);3*1H. The molecule has 0 atom stereocenters. The number of hydrogen-bond acceptors (Lipinski definition) is 2. The number of nitrogens with one attached hydrogen (secondary N) is 2. The molecule has 4 nitrogen and oxygen atoms in total. The Labute approximate surface area is 140 Å². The molecule has 2 heterocycles. The number of hydrogen-bond donors (Lipinski definition) is 2. The molecule has 0 saturated heterocycles. The van der Waals surface area contributed by atoms with E-state index in [2.05, 4.69) is 19.9 Å². The Morgan fingerprint density at radius 1 is 0.571 bits per heavy atom. The van der Waals surface area contributed by atoms with E-state index in [0.29, 0.717) is 0 Å². The van der Waals surface area contributed by atoms with Crippen LogP contribution in [-0.4, -0.2) is 19.9 Å². The third-order valence-corrected chi connectivity index (χ3v) is 2.66. The number of imidazole rings is 2. The Bertz CT molecular complexity index is 640. The monoisotopic (exact) mass is 344 g/mol. The molecule has 21 heavy (non-hydrogen) atoms. The molecule has 0 aliphatic rings. The predicted octanol–water partition coefficient (Wildman–Crippen LogP) is 4.39. The van der Waals surface area contributed by atoms with E-state index in [4.69, 9.17) is 0 Å². The van der Waals surface area contributed by atoms with Gasteiger partial charge in [0.15, 0.2) is 0 Å². The molecule has 0 spiro atoms. The number of aromatic amines is 2. The Kier molecular flexibility index (Phi) is 8.47. The first-order valence-electron chi connectivity index (χ1n) is 5.70. The van der Waals surface area contributed by atoms with E-state index in [1.54, 1.807) is 12.7 Å². The minimum Gasteiger partial charge on any atom is -0.345 e. The molecule has 0 aliphatic heterocycles. The molecule has 4 rings (SSSR count). The fourth-order valence-corrected chi connectivity index (χ4v) is 1.76. The van der Waals surface area contributed by atoms with Crippen LogP contribution in [0.2, 0.25) is 0 Å². The van der Waals surface area contributed by atoms with Crippen LogP contribution >= 0.6 is 37.2 Å². The molecular weight excluding hydrogens is 331 g/mol. The molecule has 0 amide bonds. The van der Waals surface area contributed by atoms with Gasteiger partial charge < -0.3 is 9.97 Å². The van der Waals surface area contributed by atoms with Crippen molar-refractivity contribution in [2.24, 2.45) is 0 Å². The lowest BCUT2D eigenvalue weighted by Gasteiger charge is -1.81. The third kappa shape index (κ3) is 4.63. The van der Waals surface area contributed by atoms with Gasteiger partial charge in [-0.2, -0.15) is 0 Å². The summed E-state index contributed by atoms with van der Waals surface area (Å²) in [4.78, 5) is 14.1. The summed E-state index contributed by atoms with van der Waals surface area (Å²) in [5, 5.41) is 0. The highest BCUT2D eigenvalue weighted by Crippen LogP contribution is 2.06. The van der Waals surface area contributed by atoms with Gasteiger partial charge in [-0.05, 0) is 24.3 Å². The quantitative estimate of drug-likeness (QED) is 0.496. The molecule has 0 unspecified atom stereocenters. The van der Waals surface area contributed by atoms with E-state index in [1.807, 2.05) is 48.5 Å². The lowest BCUT2D eigenvalue weighted by Crippen LogP contribution is -1.63. The largest absolute Gasteiger partial charge is 0.345 e. The Balaban J connectivity index is 0.000000333. The molecular formula is C14H15Cl3N4. The van der Waals surface area contributed by atoms with Gasteiger partial charge in [0.2, 0.25) is 0 Å². The summed E-state index contributed by atoms with van der Waals surface area (Å²) in [6, 6.07) is 15.9. The van der Waals surface area contributed by atoms with Gasteiger partial charge in [-0.25, -0.2) is 9.97 Å². The van der Waals surface area contributed by atoms with Crippen molar-refractivity contribution in [2.45, 2.75) is 0 Å². The lowest BCUT2D eigenvalue weighted by molar-refractivity contribution is 1.34. The SMILES string of the molecule is Cl.Cl.Cl.c1ccc2[nH]cnc2c1.c1ccc2[nH]cnc2c1. The van der Waals surface area contributed by atoms with Crippen LogP contribution in [0.1, 0.15) is 0 Å². The molecule has 7 heteroatoms. The molecule has 0 aliphatic carbocycles. The van der Waals surface area contributed by atoms with Crippen LogP contribution in [0.3, 0.4) is 0 Å². The summed E-state index contributed by atoms with van der Waals surface area (Å²) < 4.78 is 0. The number of benzene rings is 2. The van der Waals surface area contributed by atoms with Crippen molar-refractivity contribution in [1.29, 1.82) is 0 Å². The maximum atomic E-state index is 4.06. The van der Waals surface area contributed by atoms with E-state index < -0.39 is 0 Å². The number of H-pyrrole nitrogens is 2.